The second-order valence-corrected chi connectivity index (χ2v) is 3.50. The molecule has 9 heteroatoms. The lowest BCUT2D eigenvalue weighted by molar-refractivity contribution is -0.387. The van der Waals surface area contributed by atoms with Crippen LogP contribution in [0.2, 0.25) is 0 Å². The van der Waals surface area contributed by atoms with Crippen LogP contribution in [0, 0.1) is 38.6 Å². The molecule has 0 aliphatic carbocycles. The highest BCUT2D eigenvalue weighted by Gasteiger charge is 2.26. The maximum absolute atomic E-state index is 14.0. The fourth-order valence-electron chi connectivity index (χ4n) is 1.37. The zero-order chi connectivity index (χ0) is 16.0. The van der Waals surface area contributed by atoms with E-state index in [2.05, 4.69) is 10.1 Å². The highest BCUT2D eigenvalue weighted by atomic mass is 19.1. The second-order valence-electron chi connectivity index (χ2n) is 3.50. The molecule has 1 aromatic carbocycles. The number of anilines is 1. The number of nitriles is 2. The number of hydrogen-bond acceptors (Lipinski definition) is 7. The van der Waals surface area contributed by atoms with Gasteiger partial charge in [0.25, 0.3) is 0 Å². The summed E-state index contributed by atoms with van der Waals surface area (Å²) in [6.07, 6.45) is 0.938. The normalized spacial score (nSPS) is 8.95. The molecule has 0 saturated carbocycles. The molecule has 1 N–H and O–H groups in total. The van der Waals surface area contributed by atoms with Gasteiger partial charge in [0.15, 0.2) is 0 Å². The predicted molar refractivity (Wildman–Crippen MR) is 67.3 cm³/mol. The Kier molecular flexibility index (Phi) is 4.93. The van der Waals surface area contributed by atoms with Gasteiger partial charge < -0.3 is 10.1 Å². The number of allylic oxidation sites excluding steroid dienone is 1. The number of carbonyl (C=O) groups is 1. The van der Waals surface area contributed by atoms with E-state index in [-0.39, 0.29) is 11.3 Å². The van der Waals surface area contributed by atoms with Crippen molar-refractivity contribution in [2.45, 2.75) is 0 Å². The van der Waals surface area contributed by atoms with Gasteiger partial charge in [-0.1, -0.05) is 0 Å². The number of ether oxygens (including phenoxy) is 1. The number of hydrogen-bond donors (Lipinski definition) is 1. The fraction of sp³-hybridized carbons (Fsp3) is 0.0833. The van der Waals surface area contributed by atoms with Crippen LogP contribution in [-0.4, -0.2) is 18.0 Å². The first kappa shape index (κ1) is 15.6. The molecule has 106 valence electrons. The van der Waals surface area contributed by atoms with Crippen LogP contribution in [0.4, 0.5) is 15.8 Å². The predicted octanol–water partition coefficient (Wildman–Crippen LogP) is 1.86. The molecule has 0 amide bonds. The topological polar surface area (TPSA) is 129 Å². The first-order valence-corrected chi connectivity index (χ1v) is 5.28. The van der Waals surface area contributed by atoms with E-state index in [1.807, 2.05) is 0 Å². The molecule has 1 aromatic rings. The summed E-state index contributed by atoms with van der Waals surface area (Å²) < 4.78 is 18.3. The zero-order valence-corrected chi connectivity index (χ0v) is 10.6. The SMILES string of the molecule is COC(=O)c1c(NC=C(C#N)C#N)ccc([N+](=O)[O-])c1F. The van der Waals surface area contributed by atoms with Crippen molar-refractivity contribution in [2.75, 3.05) is 12.4 Å². The van der Waals surface area contributed by atoms with Gasteiger partial charge in [-0.15, -0.1) is 0 Å². The third-order valence-corrected chi connectivity index (χ3v) is 2.32. The van der Waals surface area contributed by atoms with E-state index in [1.165, 1.54) is 0 Å². The van der Waals surface area contributed by atoms with Crippen LogP contribution in [0.15, 0.2) is 23.9 Å². The lowest BCUT2D eigenvalue weighted by Crippen LogP contribution is -2.10. The number of rotatable bonds is 4. The van der Waals surface area contributed by atoms with E-state index in [4.69, 9.17) is 10.5 Å². The lowest BCUT2D eigenvalue weighted by Gasteiger charge is -2.08. The highest BCUT2D eigenvalue weighted by molar-refractivity contribution is 5.97. The summed E-state index contributed by atoms with van der Waals surface area (Å²) in [7, 11) is 0.982. The van der Waals surface area contributed by atoms with E-state index in [9.17, 15) is 19.3 Å². The Labute approximate surface area is 117 Å². The molecular formula is C12H7FN4O4. The van der Waals surface area contributed by atoms with E-state index < -0.39 is 28.0 Å². The van der Waals surface area contributed by atoms with Gasteiger partial charge in [-0.05, 0) is 6.07 Å². The average Bonchev–Trinajstić information content (AvgIpc) is 2.47. The minimum absolute atomic E-state index is 0.173. The van der Waals surface area contributed by atoms with Gasteiger partial charge in [-0.25, -0.2) is 4.79 Å². The summed E-state index contributed by atoms with van der Waals surface area (Å²) in [5.74, 6) is -2.51. The van der Waals surface area contributed by atoms with E-state index in [0.29, 0.717) is 0 Å². The van der Waals surface area contributed by atoms with E-state index in [0.717, 1.165) is 25.4 Å². The molecule has 0 bridgehead atoms. The van der Waals surface area contributed by atoms with Crippen molar-refractivity contribution in [3.63, 3.8) is 0 Å². The summed E-state index contributed by atoms with van der Waals surface area (Å²) in [4.78, 5) is 21.2. The first-order valence-electron chi connectivity index (χ1n) is 5.28. The summed E-state index contributed by atoms with van der Waals surface area (Å²) in [5, 5.41) is 30.1. The van der Waals surface area contributed by atoms with Crippen LogP contribution in [0.3, 0.4) is 0 Å². The largest absolute Gasteiger partial charge is 0.465 e. The number of nitrogens with zero attached hydrogens (tertiary/aromatic N) is 3. The minimum Gasteiger partial charge on any atom is -0.465 e. The summed E-state index contributed by atoms with van der Waals surface area (Å²) in [6, 6.07) is 5.01. The molecule has 0 heterocycles. The van der Waals surface area contributed by atoms with Crippen molar-refractivity contribution >= 4 is 17.3 Å². The third kappa shape index (κ3) is 3.30. The molecule has 0 aliphatic rings. The maximum Gasteiger partial charge on any atom is 0.343 e. The number of methoxy groups -OCH3 is 1. The Morgan fingerprint density at radius 2 is 2.10 bits per heavy atom. The number of halogens is 1. The highest BCUT2D eigenvalue weighted by Crippen LogP contribution is 2.28. The molecule has 0 saturated heterocycles. The van der Waals surface area contributed by atoms with Crippen molar-refractivity contribution in [1.29, 1.82) is 10.5 Å². The molecule has 0 aliphatic heterocycles. The van der Waals surface area contributed by atoms with Gasteiger partial charge in [0.2, 0.25) is 5.82 Å². The molecule has 0 aromatic heterocycles. The van der Waals surface area contributed by atoms with Crippen LogP contribution >= 0.6 is 0 Å². The smallest absolute Gasteiger partial charge is 0.343 e. The second kappa shape index (κ2) is 6.63. The maximum atomic E-state index is 14.0. The number of esters is 1. The fourth-order valence-corrected chi connectivity index (χ4v) is 1.37. The molecule has 0 atom stereocenters. The molecular weight excluding hydrogens is 283 g/mol. The molecule has 21 heavy (non-hydrogen) atoms. The van der Waals surface area contributed by atoms with Crippen molar-refractivity contribution in [2.24, 2.45) is 0 Å². The van der Waals surface area contributed by atoms with E-state index in [1.54, 1.807) is 12.1 Å². The number of benzene rings is 1. The van der Waals surface area contributed by atoms with E-state index >= 15 is 0 Å². The third-order valence-electron chi connectivity index (χ3n) is 2.32. The van der Waals surface area contributed by atoms with Crippen LogP contribution in [-0.2, 0) is 4.74 Å². The number of nitro groups is 1. The van der Waals surface area contributed by atoms with Crippen LogP contribution in [0.25, 0.3) is 0 Å². The van der Waals surface area contributed by atoms with Gasteiger partial charge in [0.1, 0.15) is 23.3 Å². The van der Waals surface area contributed by atoms with Gasteiger partial charge in [-0.2, -0.15) is 14.9 Å². The summed E-state index contributed by atoms with van der Waals surface area (Å²) in [6.45, 7) is 0. The quantitative estimate of drug-likeness (QED) is 0.387. The molecule has 0 unspecified atom stereocenters. The molecule has 0 fully saturated rings. The average molecular weight is 290 g/mol. The van der Waals surface area contributed by atoms with Crippen molar-refractivity contribution in [3.05, 3.63) is 45.4 Å². The Morgan fingerprint density at radius 1 is 1.48 bits per heavy atom. The van der Waals surface area contributed by atoms with Crippen LogP contribution in [0.5, 0.6) is 0 Å². The van der Waals surface area contributed by atoms with Gasteiger partial charge >= 0.3 is 11.7 Å². The minimum atomic E-state index is -1.37. The Balaban J connectivity index is 3.41. The number of nitro benzene ring substituents is 1. The van der Waals surface area contributed by atoms with Gasteiger partial charge in [-0.3, -0.25) is 10.1 Å². The van der Waals surface area contributed by atoms with Crippen molar-refractivity contribution < 1.29 is 18.8 Å². The Morgan fingerprint density at radius 3 is 2.57 bits per heavy atom. The van der Waals surface area contributed by atoms with Crippen LogP contribution < -0.4 is 5.32 Å². The first-order chi connectivity index (χ1) is 9.96. The Hall–Kier alpha value is -3.46. The lowest BCUT2D eigenvalue weighted by atomic mass is 10.1. The monoisotopic (exact) mass is 290 g/mol. The molecule has 0 spiro atoms. The molecule has 0 radical (unpaired) electrons. The van der Waals surface area contributed by atoms with Gasteiger partial charge in [0, 0.05) is 12.3 Å². The standard InChI is InChI=1S/C12H7FN4O4/c1-21-12(18)10-8(16-6-7(4-14)5-15)2-3-9(11(10)13)17(19)20/h2-3,6,16H,1H3. The van der Waals surface area contributed by atoms with Gasteiger partial charge in [0.05, 0.1) is 17.7 Å². The molecule has 8 nitrogen and oxygen atoms in total. The Bertz CT molecular complexity index is 699. The molecule has 1 rings (SSSR count). The number of nitrogens with one attached hydrogen (secondary N) is 1. The summed E-state index contributed by atoms with van der Waals surface area (Å²) >= 11 is 0. The van der Waals surface area contributed by atoms with Crippen molar-refractivity contribution in [3.8, 4) is 12.1 Å². The van der Waals surface area contributed by atoms with Crippen LogP contribution in [0.1, 0.15) is 10.4 Å². The van der Waals surface area contributed by atoms with Crippen molar-refractivity contribution in [1.82, 2.24) is 0 Å². The number of carbonyl (C=O) groups excluding carboxylic acids is 1. The zero-order valence-electron chi connectivity index (χ0n) is 10.6. The summed E-state index contributed by atoms with van der Waals surface area (Å²) in [5.41, 5.74) is -2.10.